The second-order valence-corrected chi connectivity index (χ2v) is 7.02. The molecule has 0 atom stereocenters. The van der Waals surface area contributed by atoms with Gasteiger partial charge in [-0.1, -0.05) is 29.8 Å². The standard InChI is InChI=1S/C18H12ClF3N2OS/c19-14-6-4-11(5-7-14)8-15-10-23-17(26-15)24-16(25)12-2-1-3-13(9-12)18(20,21)22/h1-7,9-10H,8H2,(H,23,24,25). The highest BCUT2D eigenvalue weighted by Crippen LogP contribution is 2.30. The zero-order chi connectivity index (χ0) is 18.7. The average molecular weight is 397 g/mol. The highest BCUT2D eigenvalue weighted by molar-refractivity contribution is 7.15. The third-order valence-corrected chi connectivity index (χ3v) is 4.68. The molecule has 2 aromatic carbocycles. The third kappa shape index (κ3) is 4.62. The number of halogens is 4. The fourth-order valence-electron chi connectivity index (χ4n) is 2.26. The number of hydrogen-bond donors (Lipinski definition) is 1. The smallest absolute Gasteiger partial charge is 0.298 e. The second kappa shape index (κ2) is 7.47. The van der Waals surface area contributed by atoms with Crippen molar-refractivity contribution in [2.45, 2.75) is 12.6 Å². The molecular formula is C18H12ClF3N2OS. The van der Waals surface area contributed by atoms with Crippen molar-refractivity contribution in [1.29, 1.82) is 0 Å². The topological polar surface area (TPSA) is 42.0 Å². The van der Waals surface area contributed by atoms with Gasteiger partial charge in [-0.2, -0.15) is 13.2 Å². The third-order valence-electron chi connectivity index (χ3n) is 3.52. The van der Waals surface area contributed by atoms with E-state index in [2.05, 4.69) is 10.3 Å². The SMILES string of the molecule is O=C(Nc1ncc(Cc2ccc(Cl)cc2)s1)c1cccc(C(F)(F)F)c1. The molecule has 0 radical (unpaired) electrons. The molecule has 0 spiro atoms. The summed E-state index contributed by atoms with van der Waals surface area (Å²) in [5, 5.41) is 3.51. The highest BCUT2D eigenvalue weighted by atomic mass is 35.5. The van der Waals surface area contributed by atoms with Crippen LogP contribution < -0.4 is 5.32 Å². The molecule has 1 amide bonds. The van der Waals surface area contributed by atoms with E-state index >= 15 is 0 Å². The van der Waals surface area contributed by atoms with Crippen molar-refractivity contribution in [3.63, 3.8) is 0 Å². The molecule has 26 heavy (non-hydrogen) atoms. The lowest BCUT2D eigenvalue weighted by Gasteiger charge is -2.08. The number of thiazole rings is 1. The summed E-state index contributed by atoms with van der Waals surface area (Å²) in [4.78, 5) is 17.2. The minimum atomic E-state index is -4.50. The van der Waals surface area contributed by atoms with Crippen molar-refractivity contribution < 1.29 is 18.0 Å². The van der Waals surface area contributed by atoms with E-state index in [9.17, 15) is 18.0 Å². The number of nitrogens with zero attached hydrogens (tertiary/aromatic N) is 1. The van der Waals surface area contributed by atoms with Crippen molar-refractivity contribution >= 4 is 34.0 Å². The first-order chi connectivity index (χ1) is 12.3. The molecule has 134 valence electrons. The number of nitrogens with one attached hydrogen (secondary N) is 1. The number of anilines is 1. The Labute approximate surface area is 156 Å². The molecule has 8 heteroatoms. The molecule has 3 aromatic rings. The van der Waals surface area contributed by atoms with Gasteiger partial charge in [-0.05, 0) is 35.9 Å². The second-order valence-electron chi connectivity index (χ2n) is 5.47. The fourth-order valence-corrected chi connectivity index (χ4v) is 3.22. The lowest BCUT2D eigenvalue weighted by atomic mass is 10.1. The summed E-state index contributed by atoms with van der Waals surface area (Å²) in [6.45, 7) is 0. The van der Waals surface area contributed by atoms with Gasteiger partial charge in [-0.3, -0.25) is 10.1 Å². The van der Waals surface area contributed by atoms with Crippen LogP contribution >= 0.6 is 22.9 Å². The van der Waals surface area contributed by atoms with Gasteiger partial charge in [0.2, 0.25) is 0 Å². The number of hydrogen-bond acceptors (Lipinski definition) is 3. The molecule has 1 N–H and O–H groups in total. The summed E-state index contributed by atoms with van der Waals surface area (Å²) in [6.07, 6.45) is -2.25. The van der Waals surface area contributed by atoms with Crippen LogP contribution in [0.2, 0.25) is 5.02 Å². The highest BCUT2D eigenvalue weighted by Gasteiger charge is 2.30. The zero-order valence-corrected chi connectivity index (χ0v) is 14.8. The van der Waals surface area contributed by atoms with E-state index in [0.717, 1.165) is 22.6 Å². The predicted molar refractivity (Wildman–Crippen MR) is 95.8 cm³/mol. The van der Waals surface area contributed by atoms with Gasteiger partial charge in [-0.15, -0.1) is 11.3 Å². The summed E-state index contributed by atoms with van der Waals surface area (Å²) in [5.74, 6) is -0.636. The summed E-state index contributed by atoms with van der Waals surface area (Å²) in [6, 6.07) is 11.6. The number of aromatic nitrogens is 1. The van der Waals surface area contributed by atoms with Gasteiger partial charge in [0.05, 0.1) is 5.56 Å². The lowest BCUT2D eigenvalue weighted by Crippen LogP contribution is -2.13. The number of carbonyl (C=O) groups is 1. The monoisotopic (exact) mass is 396 g/mol. The van der Waals surface area contributed by atoms with Gasteiger partial charge in [0, 0.05) is 28.1 Å². The van der Waals surface area contributed by atoms with E-state index in [1.807, 2.05) is 12.1 Å². The van der Waals surface area contributed by atoms with E-state index in [4.69, 9.17) is 11.6 Å². The summed E-state index contributed by atoms with van der Waals surface area (Å²) in [5.41, 5.74) is 0.0933. The minimum absolute atomic E-state index is 0.0747. The average Bonchev–Trinajstić information content (AvgIpc) is 3.03. The Balaban J connectivity index is 1.69. The molecular weight excluding hydrogens is 385 g/mol. The van der Waals surface area contributed by atoms with Crippen molar-refractivity contribution in [2.75, 3.05) is 5.32 Å². The van der Waals surface area contributed by atoms with Crippen LogP contribution in [0.3, 0.4) is 0 Å². The number of rotatable bonds is 4. The molecule has 0 bridgehead atoms. The van der Waals surface area contributed by atoms with Gasteiger partial charge in [0.15, 0.2) is 5.13 Å². The quantitative estimate of drug-likeness (QED) is 0.618. The maximum absolute atomic E-state index is 12.7. The molecule has 0 aliphatic rings. The molecule has 0 saturated carbocycles. The zero-order valence-electron chi connectivity index (χ0n) is 13.2. The van der Waals surface area contributed by atoms with Gasteiger partial charge in [0.1, 0.15) is 0 Å². The number of carbonyl (C=O) groups excluding carboxylic acids is 1. The molecule has 3 nitrogen and oxygen atoms in total. The predicted octanol–water partition coefficient (Wildman–Crippen LogP) is 5.66. The van der Waals surface area contributed by atoms with Crippen molar-refractivity contribution in [3.8, 4) is 0 Å². The Morgan fingerprint density at radius 1 is 1.15 bits per heavy atom. The van der Waals surface area contributed by atoms with Crippen LogP contribution in [0.25, 0.3) is 0 Å². The molecule has 0 saturated heterocycles. The Morgan fingerprint density at radius 3 is 2.58 bits per heavy atom. The van der Waals surface area contributed by atoms with Crippen LogP contribution in [-0.4, -0.2) is 10.9 Å². The van der Waals surface area contributed by atoms with E-state index in [0.29, 0.717) is 16.6 Å². The molecule has 0 fully saturated rings. The maximum atomic E-state index is 12.7. The molecule has 0 aliphatic heterocycles. The first-order valence-electron chi connectivity index (χ1n) is 7.49. The number of alkyl halides is 3. The number of amides is 1. The molecule has 3 rings (SSSR count). The minimum Gasteiger partial charge on any atom is -0.298 e. The summed E-state index contributed by atoms with van der Waals surface area (Å²) in [7, 11) is 0. The fraction of sp³-hybridized carbons (Fsp3) is 0.111. The van der Waals surface area contributed by atoms with Crippen LogP contribution in [0.5, 0.6) is 0 Å². The maximum Gasteiger partial charge on any atom is 0.416 e. The molecule has 1 aromatic heterocycles. The van der Waals surface area contributed by atoms with Crippen LogP contribution in [0.15, 0.2) is 54.7 Å². The summed E-state index contributed by atoms with van der Waals surface area (Å²) >= 11 is 7.11. The largest absolute Gasteiger partial charge is 0.416 e. The van der Waals surface area contributed by atoms with Crippen molar-refractivity contribution in [2.24, 2.45) is 0 Å². The first kappa shape index (κ1) is 18.4. The lowest BCUT2D eigenvalue weighted by molar-refractivity contribution is -0.137. The van der Waals surface area contributed by atoms with Crippen LogP contribution in [0.4, 0.5) is 18.3 Å². The van der Waals surface area contributed by atoms with Gasteiger partial charge < -0.3 is 0 Å². The Hall–Kier alpha value is -2.38. The van der Waals surface area contributed by atoms with Crippen molar-refractivity contribution in [1.82, 2.24) is 4.98 Å². The van der Waals surface area contributed by atoms with Crippen LogP contribution in [-0.2, 0) is 12.6 Å². The number of benzene rings is 2. The Morgan fingerprint density at radius 2 is 1.88 bits per heavy atom. The van der Waals surface area contributed by atoms with Crippen LogP contribution in [0.1, 0.15) is 26.4 Å². The molecule has 0 aliphatic carbocycles. The Kier molecular flexibility index (Phi) is 5.29. The normalized spacial score (nSPS) is 11.4. The molecule has 0 unspecified atom stereocenters. The van der Waals surface area contributed by atoms with Gasteiger partial charge in [-0.25, -0.2) is 4.98 Å². The van der Waals surface area contributed by atoms with Gasteiger partial charge in [0.25, 0.3) is 5.91 Å². The van der Waals surface area contributed by atoms with E-state index in [1.54, 1.807) is 18.3 Å². The molecule has 1 heterocycles. The Bertz CT molecular complexity index is 923. The van der Waals surface area contributed by atoms with E-state index in [-0.39, 0.29) is 5.56 Å². The summed E-state index contributed by atoms with van der Waals surface area (Å²) < 4.78 is 38.2. The van der Waals surface area contributed by atoms with E-state index in [1.165, 1.54) is 23.5 Å². The van der Waals surface area contributed by atoms with E-state index < -0.39 is 17.6 Å². The van der Waals surface area contributed by atoms with Gasteiger partial charge >= 0.3 is 6.18 Å². The van der Waals surface area contributed by atoms with Crippen molar-refractivity contribution in [3.05, 3.63) is 81.3 Å². The first-order valence-corrected chi connectivity index (χ1v) is 8.68. The van der Waals surface area contributed by atoms with Crippen LogP contribution in [0, 0.1) is 0 Å².